The zero-order valence-electron chi connectivity index (χ0n) is 8.87. The molecule has 0 unspecified atom stereocenters. The number of hydrogen-bond donors (Lipinski definition) is 1. The Morgan fingerprint density at radius 2 is 1.56 bits per heavy atom. The van der Waals surface area contributed by atoms with Crippen LogP contribution in [0.25, 0.3) is 0 Å². The number of esters is 1. The van der Waals surface area contributed by atoms with Crippen LogP contribution in [0.2, 0.25) is 0 Å². The molecule has 3 nitrogen and oxygen atoms in total. The van der Waals surface area contributed by atoms with Crippen molar-refractivity contribution < 1.29 is 26.6 Å². The van der Waals surface area contributed by atoms with Crippen LogP contribution in [0.5, 0.6) is 0 Å². The molecule has 0 bridgehead atoms. The third-order valence-corrected chi connectivity index (χ3v) is 1.81. The van der Waals surface area contributed by atoms with Gasteiger partial charge in [-0.25, -0.2) is 0 Å². The van der Waals surface area contributed by atoms with Gasteiger partial charge in [0.05, 0.1) is 13.2 Å². The summed E-state index contributed by atoms with van der Waals surface area (Å²) >= 11 is 0. The van der Waals surface area contributed by atoms with Crippen LogP contribution in [0.1, 0.15) is 0 Å². The summed E-state index contributed by atoms with van der Waals surface area (Å²) in [5.74, 6) is 0.0463. The number of carbonyl (C=O) groups excluding carboxylic acids is 1. The van der Waals surface area contributed by atoms with Crippen molar-refractivity contribution >= 4 is 5.97 Å². The smallest absolute Gasteiger partial charge is 0.468 e. The molecule has 2 rings (SSSR count). The van der Waals surface area contributed by atoms with Gasteiger partial charge in [-0.15, -0.1) is 0 Å². The van der Waals surface area contributed by atoms with Gasteiger partial charge < -0.3 is 10.5 Å². The summed E-state index contributed by atoms with van der Waals surface area (Å²) in [5.41, 5.74) is 5.42. The molecule has 4 heteroatoms. The van der Waals surface area contributed by atoms with Gasteiger partial charge in [0, 0.05) is 0 Å². The van der Waals surface area contributed by atoms with E-state index in [1.54, 1.807) is 19.3 Å². The van der Waals surface area contributed by atoms with Crippen molar-refractivity contribution in [2.45, 2.75) is 0 Å². The second kappa shape index (κ2) is 9.03. The van der Waals surface area contributed by atoms with Gasteiger partial charge in [-0.1, -0.05) is 0 Å². The van der Waals surface area contributed by atoms with Gasteiger partial charge in [0.25, 0.3) is 0 Å². The van der Waals surface area contributed by atoms with E-state index >= 15 is 0 Å². The standard InChI is InChI=1S/C7H8NO2.C5H5.Fe/c1-10-7(9)5-3-2-4-6(5)8;1-2-4-5-3-1;/h2-4H,8H2,1H3;1-5H;/q;;+2. The first-order chi connectivity index (χ1) is 7.25. The summed E-state index contributed by atoms with van der Waals surface area (Å²) in [6.45, 7) is 0. The molecule has 2 aliphatic rings. The van der Waals surface area contributed by atoms with Gasteiger partial charge in [0.15, 0.2) is 0 Å². The third-order valence-electron chi connectivity index (χ3n) is 1.81. The van der Waals surface area contributed by atoms with Crippen molar-refractivity contribution in [2.75, 3.05) is 7.11 Å². The molecule has 2 N–H and O–H groups in total. The minimum absolute atomic E-state index is 0. The molecule has 0 heterocycles. The first kappa shape index (κ1) is 15.9. The van der Waals surface area contributed by atoms with Gasteiger partial charge >= 0.3 is 23.0 Å². The van der Waals surface area contributed by atoms with E-state index in [4.69, 9.17) is 5.73 Å². The van der Waals surface area contributed by atoms with Crippen LogP contribution >= 0.6 is 0 Å². The fourth-order valence-electron chi connectivity index (χ4n) is 1.05. The summed E-state index contributed by atoms with van der Waals surface area (Å²) in [6.07, 6.45) is 15.0. The van der Waals surface area contributed by atoms with Crippen molar-refractivity contribution in [2.24, 2.45) is 5.73 Å². The van der Waals surface area contributed by atoms with E-state index in [0.717, 1.165) is 0 Å². The maximum atomic E-state index is 10.8. The SMILES string of the molecule is COC(=O)[C]1[CH][CH][CH][C]1N.[CH]1[CH][CH][CH][CH]1.[Fe+2]. The number of nitrogens with two attached hydrogens (primary N) is 1. The normalized spacial score (nSPS) is 20.9. The van der Waals surface area contributed by atoms with Crippen LogP contribution in [0.4, 0.5) is 0 Å². The van der Waals surface area contributed by atoms with E-state index in [-0.39, 0.29) is 23.0 Å². The number of methoxy groups -OCH3 is 1. The van der Waals surface area contributed by atoms with Crippen molar-refractivity contribution in [3.63, 3.8) is 0 Å². The first-order valence-electron chi connectivity index (χ1n) is 4.52. The molecule has 2 aliphatic carbocycles. The molecule has 0 aromatic carbocycles. The Morgan fingerprint density at radius 1 is 1.06 bits per heavy atom. The molecule has 0 aromatic heterocycles. The van der Waals surface area contributed by atoms with Crippen LogP contribution in [0.15, 0.2) is 0 Å². The molecule has 0 spiro atoms. The molecule has 84 valence electrons. The largest absolute Gasteiger partial charge is 2.00 e. The molecule has 16 heavy (non-hydrogen) atoms. The summed E-state index contributed by atoms with van der Waals surface area (Å²) in [7, 11) is 1.33. The number of carbonyl (C=O) groups is 1. The van der Waals surface area contributed by atoms with E-state index < -0.39 is 0 Å². The number of rotatable bonds is 1. The van der Waals surface area contributed by atoms with Crippen molar-refractivity contribution in [3.05, 3.63) is 63.3 Å². The van der Waals surface area contributed by atoms with E-state index in [9.17, 15) is 4.79 Å². The maximum absolute atomic E-state index is 10.8. The molecular formula is C12H13FeNO2+2. The summed E-state index contributed by atoms with van der Waals surface area (Å²) < 4.78 is 4.46. The van der Waals surface area contributed by atoms with Gasteiger partial charge in [0.1, 0.15) is 5.92 Å². The average Bonchev–Trinajstić information content (AvgIpc) is 2.89. The first-order valence-corrected chi connectivity index (χ1v) is 4.52. The monoisotopic (exact) mass is 259 g/mol. The Morgan fingerprint density at radius 3 is 1.88 bits per heavy atom. The predicted molar refractivity (Wildman–Crippen MR) is 57.1 cm³/mol. The zero-order chi connectivity index (χ0) is 11.1. The maximum Gasteiger partial charge on any atom is 2.00 e. The quantitative estimate of drug-likeness (QED) is 0.561. The van der Waals surface area contributed by atoms with Gasteiger partial charge in [0.2, 0.25) is 0 Å². The van der Waals surface area contributed by atoms with Crippen LogP contribution < -0.4 is 5.73 Å². The summed E-state index contributed by atoms with van der Waals surface area (Å²) in [4.78, 5) is 10.8. The fraction of sp³-hybridized carbons (Fsp3) is 0.0833. The number of ether oxygens (including phenoxy) is 1. The topological polar surface area (TPSA) is 52.3 Å². The molecule has 0 atom stereocenters. The molecule has 0 amide bonds. The van der Waals surface area contributed by atoms with Crippen molar-refractivity contribution in [1.82, 2.24) is 0 Å². The van der Waals surface area contributed by atoms with Gasteiger partial charge in [-0.05, 0) is 51.4 Å². The Hall–Kier alpha value is -0.0505. The van der Waals surface area contributed by atoms with Crippen LogP contribution in [-0.4, -0.2) is 13.1 Å². The van der Waals surface area contributed by atoms with Gasteiger partial charge in [-0.3, -0.25) is 4.79 Å². The van der Waals surface area contributed by atoms with Crippen LogP contribution in [0, 0.1) is 63.3 Å². The summed E-state index contributed by atoms with van der Waals surface area (Å²) in [6, 6.07) is 0.465. The van der Waals surface area contributed by atoms with E-state index in [1.807, 2.05) is 32.1 Å². The van der Waals surface area contributed by atoms with E-state index in [0.29, 0.717) is 12.0 Å². The zero-order valence-corrected chi connectivity index (χ0v) is 9.97. The minimum atomic E-state index is -0.387. The van der Waals surface area contributed by atoms with Gasteiger partial charge in [-0.2, -0.15) is 0 Å². The Labute approximate surface area is 109 Å². The Kier molecular flexibility index (Phi) is 9.00. The second-order valence-electron chi connectivity index (χ2n) is 2.85. The van der Waals surface area contributed by atoms with Crippen LogP contribution in [0.3, 0.4) is 0 Å². The Balaban J connectivity index is 0.000000318. The van der Waals surface area contributed by atoms with Crippen LogP contribution in [-0.2, 0) is 26.6 Å². The molecular weight excluding hydrogens is 246 g/mol. The molecule has 0 aliphatic heterocycles. The molecule has 0 saturated heterocycles. The summed E-state index contributed by atoms with van der Waals surface area (Å²) in [5, 5.41) is 0. The predicted octanol–water partition coefficient (Wildman–Crippen LogP) is 0.870. The molecule has 2 fully saturated rings. The average molecular weight is 259 g/mol. The fourth-order valence-corrected chi connectivity index (χ4v) is 1.05. The van der Waals surface area contributed by atoms with Crippen molar-refractivity contribution in [1.29, 1.82) is 0 Å². The molecule has 2 saturated carbocycles. The van der Waals surface area contributed by atoms with E-state index in [2.05, 4.69) is 4.74 Å². The third kappa shape index (κ3) is 5.33. The van der Waals surface area contributed by atoms with E-state index in [1.165, 1.54) is 7.11 Å². The molecule has 0 aromatic rings. The van der Waals surface area contributed by atoms with Crippen molar-refractivity contribution in [3.8, 4) is 0 Å². The number of hydrogen-bond acceptors (Lipinski definition) is 3. The Bertz CT molecular complexity index is 188. The minimum Gasteiger partial charge on any atom is -0.468 e. The molecule has 10 radical (unpaired) electrons. The second-order valence-corrected chi connectivity index (χ2v) is 2.85.